The largest absolute Gasteiger partial charge is 0.316 e. The number of amides is 1. The van der Waals surface area contributed by atoms with Crippen molar-refractivity contribution in [2.75, 3.05) is 13.1 Å². The van der Waals surface area contributed by atoms with Crippen LogP contribution in [0.25, 0.3) is 10.8 Å². The minimum Gasteiger partial charge on any atom is -0.316 e. The van der Waals surface area contributed by atoms with E-state index in [0.29, 0.717) is 11.8 Å². The molecule has 5 nitrogen and oxygen atoms in total. The number of nitrogens with two attached hydrogens (primary N) is 1. The molecular weight excluding hydrogens is 288 g/mol. The SMILES string of the molecule is CC(C)(c1cncc2ccccc12)N(N)C(=O)C1[C@H]2CNC[C@@H]12. The molecule has 1 saturated heterocycles. The maximum Gasteiger partial charge on any atom is 0.241 e. The van der Waals surface area contributed by atoms with Crippen molar-refractivity contribution in [2.24, 2.45) is 23.6 Å². The molecule has 1 aliphatic heterocycles. The zero-order valence-electron chi connectivity index (χ0n) is 13.5. The fourth-order valence-corrected chi connectivity index (χ4v) is 3.95. The number of fused-ring (bicyclic) bond motifs is 2. The van der Waals surface area contributed by atoms with Gasteiger partial charge in [0.15, 0.2) is 0 Å². The summed E-state index contributed by atoms with van der Waals surface area (Å²) in [5.41, 5.74) is 0.380. The van der Waals surface area contributed by atoms with E-state index in [1.165, 1.54) is 5.01 Å². The number of nitrogens with zero attached hydrogens (tertiary/aromatic N) is 2. The summed E-state index contributed by atoms with van der Waals surface area (Å²) < 4.78 is 0. The predicted octanol–water partition coefficient (Wildman–Crippen LogP) is 1.64. The molecule has 2 fully saturated rings. The lowest BCUT2D eigenvalue weighted by atomic mass is 9.90. The maximum absolute atomic E-state index is 12.8. The number of rotatable bonds is 3. The highest BCUT2D eigenvalue weighted by Crippen LogP contribution is 2.50. The molecular formula is C18H22N4O. The molecule has 120 valence electrons. The van der Waals surface area contributed by atoms with Crippen LogP contribution in [0.15, 0.2) is 36.7 Å². The highest BCUT2D eigenvalue weighted by Gasteiger charge is 2.58. The number of benzene rings is 1. The van der Waals surface area contributed by atoms with Crippen LogP contribution in [-0.2, 0) is 10.3 Å². The molecule has 23 heavy (non-hydrogen) atoms. The second kappa shape index (κ2) is 5.01. The first-order valence-electron chi connectivity index (χ1n) is 8.14. The Labute approximate surface area is 135 Å². The van der Waals surface area contributed by atoms with Gasteiger partial charge in [0.1, 0.15) is 0 Å². The Morgan fingerprint density at radius 1 is 1.26 bits per heavy atom. The topological polar surface area (TPSA) is 71.2 Å². The molecule has 0 radical (unpaired) electrons. The van der Waals surface area contributed by atoms with Crippen molar-refractivity contribution in [2.45, 2.75) is 19.4 Å². The third-order valence-electron chi connectivity index (χ3n) is 5.54. The van der Waals surface area contributed by atoms with Gasteiger partial charge < -0.3 is 5.32 Å². The molecule has 4 rings (SSSR count). The van der Waals surface area contributed by atoms with E-state index in [0.717, 1.165) is 29.4 Å². The number of hydrogen-bond donors (Lipinski definition) is 2. The third-order valence-corrected chi connectivity index (χ3v) is 5.54. The Kier molecular flexibility index (Phi) is 3.18. The van der Waals surface area contributed by atoms with Crippen molar-refractivity contribution in [3.05, 3.63) is 42.2 Å². The number of piperidine rings is 1. The van der Waals surface area contributed by atoms with Gasteiger partial charge in [0, 0.05) is 29.3 Å². The van der Waals surface area contributed by atoms with Crippen LogP contribution in [0.2, 0.25) is 0 Å². The van der Waals surface area contributed by atoms with Gasteiger partial charge in [-0.2, -0.15) is 0 Å². The maximum atomic E-state index is 12.8. The van der Waals surface area contributed by atoms with E-state index in [-0.39, 0.29) is 11.8 Å². The lowest BCUT2D eigenvalue weighted by Crippen LogP contribution is -2.52. The molecule has 1 unspecified atom stereocenters. The summed E-state index contributed by atoms with van der Waals surface area (Å²) in [6.07, 6.45) is 3.67. The van der Waals surface area contributed by atoms with Crippen LogP contribution in [0.3, 0.4) is 0 Å². The molecule has 2 aliphatic rings. The Morgan fingerprint density at radius 2 is 1.96 bits per heavy atom. The number of hydrazine groups is 1. The van der Waals surface area contributed by atoms with Crippen LogP contribution >= 0.6 is 0 Å². The normalized spacial score (nSPS) is 26.1. The van der Waals surface area contributed by atoms with Gasteiger partial charge in [-0.05, 0) is 44.2 Å². The zero-order valence-corrected chi connectivity index (χ0v) is 13.5. The molecule has 1 amide bonds. The van der Waals surface area contributed by atoms with Crippen molar-refractivity contribution in [3.8, 4) is 0 Å². The molecule has 1 aromatic carbocycles. The number of pyridine rings is 1. The quantitative estimate of drug-likeness (QED) is 0.513. The minimum absolute atomic E-state index is 0.0550. The van der Waals surface area contributed by atoms with Crippen molar-refractivity contribution in [1.29, 1.82) is 0 Å². The van der Waals surface area contributed by atoms with E-state index in [9.17, 15) is 4.79 Å². The summed E-state index contributed by atoms with van der Waals surface area (Å²) in [6, 6.07) is 8.08. The predicted molar refractivity (Wildman–Crippen MR) is 89.1 cm³/mol. The molecule has 1 saturated carbocycles. The highest BCUT2D eigenvalue weighted by molar-refractivity contribution is 5.87. The van der Waals surface area contributed by atoms with Crippen LogP contribution in [0.5, 0.6) is 0 Å². The Bertz CT molecular complexity index is 757. The van der Waals surface area contributed by atoms with Gasteiger partial charge in [0.05, 0.1) is 5.54 Å². The molecule has 2 heterocycles. The van der Waals surface area contributed by atoms with Gasteiger partial charge in [-0.15, -0.1) is 0 Å². The van der Waals surface area contributed by atoms with Crippen molar-refractivity contribution in [1.82, 2.24) is 15.3 Å². The summed E-state index contributed by atoms with van der Waals surface area (Å²) in [4.78, 5) is 17.2. The Balaban J connectivity index is 1.67. The summed E-state index contributed by atoms with van der Waals surface area (Å²) in [5.74, 6) is 7.37. The fourth-order valence-electron chi connectivity index (χ4n) is 3.95. The van der Waals surface area contributed by atoms with E-state index in [2.05, 4.69) is 16.4 Å². The van der Waals surface area contributed by atoms with Crippen LogP contribution in [0.4, 0.5) is 0 Å². The molecule has 2 aromatic rings. The van der Waals surface area contributed by atoms with E-state index in [1.54, 1.807) is 0 Å². The second-order valence-corrected chi connectivity index (χ2v) is 7.19. The van der Waals surface area contributed by atoms with E-state index in [4.69, 9.17) is 5.84 Å². The molecule has 1 aromatic heterocycles. The average Bonchev–Trinajstić information content (AvgIpc) is 3.04. The standard InChI is InChI=1S/C18H22N4O/c1-18(2,15-10-20-7-11-5-3-4-6-12(11)15)22(19)17(23)16-13-8-21-9-14(13)16/h3-7,10,13-14,16,21H,8-9,19H2,1-2H3/t13-,14+,16?. The first-order valence-corrected chi connectivity index (χ1v) is 8.14. The Morgan fingerprint density at radius 3 is 2.70 bits per heavy atom. The van der Waals surface area contributed by atoms with Crippen LogP contribution in [0, 0.1) is 17.8 Å². The van der Waals surface area contributed by atoms with Gasteiger partial charge in [0.2, 0.25) is 5.91 Å². The van der Waals surface area contributed by atoms with Gasteiger partial charge >= 0.3 is 0 Å². The van der Waals surface area contributed by atoms with Gasteiger partial charge in [0.25, 0.3) is 0 Å². The molecule has 5 heteroatoms. The zero-order chi connectivity index (χ0) is 16.2. The van der Waals surface area contributed by atoms with E-state index >= 15 is 0 Å². The van der Waals surface area contributed by atoms with Crippen molar-refractivity contribution in [3.63, 3.8) is 0 Å². The molecule has 3 atom stereocenters. The fraction of sp³-hybridized carbons (Fsp3) is 0.444. The number of carbonyl (C=O) groups excluding carboxylic acids is 1. The van der Waals surface area contributed by atoms with Gasteiger partial charge in [-0.25, -0.2) is 5.84 Å². The first kappa shape index (κ1) is 14.6. The first-order chi connectivity index (χ1) is 11.0. The lowest BCUT2D eigenvalue weighted by Gasteiger charge is -2.36. The molecule has 0 bridgehead atoms. The van der Waals surface area contributed by atoms with Crippen LogP contribution in [-0.4, -0.2) is 29.0 Å². The monoisotopic (exact) mass is 310 g/mol. The number of nitrogens with one attached hydrogen (secondary N) is 1. The molecule has 3 N–H and O–H groups in total. The summed E-state index contributed by atoms with van der Waals surface area (Å²) in [7, 11) is 0. The van der Waals surface area contributed by atoms with Gasteiger partial charge in [-0.3, -0.25) is 14.8 Å². The Hall–Kier alpha value is -1.98. The van der Waals surface area contributed by atoms with Crippen LogP contribution in [0.1, 0.15) is 19.4 Å². The number of hydrogen-bond acceptors (Lipinski definition) is 4. The summed E-state index contributed by atoms with van der Waals surface area (Å²) in [6.45, 7) is 5.85. The third kappa shape index (κ3) is 2.15. The number of aromatic nitrogens is 1. The van der Waals surface area contributed by atoms with Crippen LogP contribution < -0.4 is 11.2 Å². The summed E-state index contributed by atoms with van der Waals surface area (Å²) in [5, 5.41) is 6.90. The number of carbonyl (C=O) groups is 1. The molecule has 1 aliphatic carbocycles. The minimum atomic E-state index is -0.602. The van der Waals surface area contributed by atoms with Gasteiger partial charge in [-0.1, -0.05) is 24.3 Å². The highest BCUT2D eigenvalue weighted by atomic mass is 16.2. The second-order valence-electron chi connectivity index (χ2n) is 7.19. The molecule has 0 spiro atoms. The lowest BCUT2D eigenvalue weighted by molar-refractivity contribution is -0.139. The van der Waals surface area contributed by atoms with E-state index < -0.39 is 5.54 Å². The summed E-state index contributed by atoms with van der Waals surface area (Å²) >= 11 is 0. The van der Waals surface area contributed by atoms with E-state index in [1.807, 2.05) is 44.4 Å². The average molecular weight is 310 g/mol. The van der Waals surface area contributed by atoms with Crippen molar-refractivity contribution >= 4 is 16.7 Å². The smallest absolute Gasteiger partial charge is 0.241 e. The van der Waals surface area contributed by atoms with Crippen molar-refractivity contribution < 1.29 is 4.79 Å².